The molecule has 2 N–H and O–H groups in total. The van der Waals surface area contributed by atoms with E-state index < -0.39 is 0 Å². The lowest BCUT2D eigenvalue weighted by Gasteiger charge is -2.31. The van der Waals surface area contributed by atoms with Crippen molar-refractivity contribution in [2.75, 3.05) is 10.6 Å². The molecule has 1 aromatic rings. The van der Waals surface area contributed by atoms with Gasteiger partial charge in [-0.2, -0.15) is 0 Å². The highest BCUT2D eigenvalue weighted by Gasteiger charge is 2.18. The predicted molar refractivity (Wildman–Crippen MR) is 52.6 cm³/mol. The van der Waals surface area contributed by atoms with Crippen LogP contribution in [-0.2, 0) is 0 Å². The smallest absolute Gasteiger partial charge is 0.0578 e. The van der Waals surface area contributed by atoms with Crippen molar-refractivity contribution in [3.05, 3.63) is 24.3 Å². The van der Waals surface area contributed by atoms with Crippen LogP contribution in [0, 0.1) is 0 Å². The minimum atomic E-state index is 0.500. The van der Waals surface area contributed by atoms with Gasteiger partial charge in [0.05, 0.1) is 11.4 Å². The minimum absolute atomic E-state index is 0.500. The Labute approximate surface area is 73.0 Å². The summed E-state index contributed by atoms with van der Waals surface area (Å²) >= 11 is 0. The molecule has 0 saturated heterocycles. The molecule has 0 spiro atoms. The molecule has 1 heterocycles. The minimum Gasteiger partial charge on any atom is -0.379 e. The number of hydrogen-bond acceptors (Lipinski definition) is 2. The first-order valence-electron chi connectivity index (χ1n) is 4.39. The molecule has 1 aliphatic heterocycles. The molecule has 2 atom stereocenters. The van der Waals surface area contributed by atoms with Gasteiger partial charge in [-0.05, 0) is 26.0 Å². The Morgan fingerprint density at radius 2 is 1.33 bits per heavy atom. The third-order valence-corrected chi connectivity index (χ3v) is 2.44. The molecular formula is C10H14N2. The Bertz CT molecular complexity index is 254. The van der Waals surface area contributed by atoms with Crippen LogP contribution in [0.1, 0.15) is 13.8 Å². The first-order valence-corrected chi connectivity index (χ1v) is 4.39. The molecule has 64 valence electrons. The van der Waals surface area contributed by atoms with Gasteiger partial charge < -0.3 is 10.6 Å². The van der Waals surface area contributed by atoms with E-state index in [9.17, 15) is 0 Å². The zero-order valence-electron chi connectivity index (χ0n) is 7.46. The Hall–Kier alpha value is -1.18. The molecule has 12 heavy (non-hydrogen) atoms. The Balaban J connectivity index is 2.34. The summed E-state index contributed by atoms with van der Waals surface area (Å²) in [6.45, 7) is 4.38. The number of nitrogens with one attached hydrogen (secondary N) is 2. The normalized spacial score (nSPS) is 26.8. The van der Waals surface area contributed by atoms with Crippen LogP contribution in [0.25, 0.3) is 0 Å². The number of benzene rings is 1. The maximum atomic E-state index is 3.45. The molecular weight excluding hydrogens is 148 g/mol. The summed E-state index contributed by atoms with van der Waals surface area (Å²) in [6.07, 6.45) is 0. The Morgan fingerprint density at radius 1 is 0.917 bits per heavy atom. The Kier molecular flexibility index (Phi) is 1.68. The van der Waals surface area contributed by atoms with Crippen molar-refractivity contribution in [3.8, 4) is 0 Å². The maximum absolute atomic E-state index is 3.45. The standard InChI is InChI=1S/C10H14N2/c1-7-8(2)12-10-6-4-3-5-9(10)11-7/h3-8,11-12H,1-2H3/t7-,8+. The van der Waals surface area contributed by atoms with Gasteiger partial charge in [0.1, 0.15) is 0 Å². The van der Waals surface area contributed by atoms with Gasteiger partial charge in [-0.25, -0.2) is 0 Å². The second kappa shape index (κ2) is 2.70. The van der Waals surface area contributed by atoms with Crippen molar-refractivity contribution < 1.29 is 0 Å². The van der Waals surface area contributed by atoms with E-state index >= 15 is 0 Å². The van der Waals surface area contributed by atoms with E-state index in [4.69, 9.17) is 0 Å². The predicted octanol–water partition coefficient (Wildman–Crippen LogP) is 2.30. The molecule has 0 aliphatic carbocycles. The summed E-state index contributed by atoms with van der Waals surface area (Å²) in [4.78, 5) is 0. The van der Waals surface area contributed by atoms with Crippen LogP contribution in [0.3, 0.4) is 0 Å². The molecule has 0 amide bonds. The average molecular weight is 162 g/mol. The quantitative estimate of drug-likeness (QED) is 0.611. The molecule has 0 radical (unpaired) electrons. The fourth-order valence-electron chi connectivity index (χ4n) is 1.48. The van der Waals surface area contributed by atoms with Crippen LogP contribution in [0.15, 0.2) is 24.3 Å². The van der Waals surface area contributed by atoms with E-state index in [-0.39, 0.29) is 0 Å². The third kappa shape index (κ3) is 1.13. The van der Waals surface area contributed by atoms with Crippen molar-refractivity contribution in [3.63, 3.8) is 0 Å². The highest BCUT2D eigenvalue weighted by molar-refractivity contribution is 5.71. The topological polar surface area (TPSA) is 24.1 Å². The zero-order valence-corrected chi connectivity index (χ0v) is 7.46. The molecule has 1 aliphatic rings. The highest BCUT2D eigenvalue weighted by atomic mass is 15.1. The van der Waals surface area contributed by atoms with Gasteiger partial charge in [0.15, 0.2) is 0 Å². The van der Waals surface area contributed by atoms with Crippen molar-refractivity contribution in [1.82, 2.24) is 0 Å². The van der Waals surface area contributed by atoms with Crippen molar-refractivity contribution in [1.29, 1.82) is 0 Å². The first kappa shape index (κ1) is 7.47. The lowest BCUT2D eigenvalue weighted by molar-refractivity contribution is 0.663. The van der Waals surface area contributed by atoms with Crippen LogP contribution in [0.5, 0.6) is 0 Å². The van der Waals surface area contributed by atoms with Gasteiger partial charge in [-0.15, -0.1) is 0 Å². The second-order valence-corrected chi connectivity index (χ2v) is 3.41. The monoisotopic (exact) mass is 162 g/mol. The number of anilines is 2. The lowest BCUT2D eigenvalue weighted by Crippen LogP contribution is -2.38. The molecule has 0 bridgehead atoms. The fourth-order valence-corrected chi connectivity index (χ4v) is 1.48. The van der Waals surface area contributed by atoms with E-state index in [1.165, 1.54) is 11.4 Å². The van der Waals surface area contributed by atoms with Gasteiger partial charge in [-0.1, -0.05) is 12.1 Å². The molecule has 1 aromatic carbocycles. The van der Waals surface area contributed by atoms with Gasteiger partial charge in [0, 0.05) is 12.1 Å². The van der Waals surface area contributed by atoms with Gasteiger partial charge in [0.25, 0.3) is 0 Å². The lowest BCUT2D eigenvalue weighted by atomic mass is 10.1. The van der Waals surface area contributed by atoms with Gasteiger partial charge >= 0.3 is 0 Å². The molecule has 2 nitrogen and oxygen atoms in total. The first-order chi connectivity index (χ1) is 5.77. The number of para-hydroxylation sites is 2. The van der Waals surface area contributed by atoms with Crippen LogP contribution in [0.4, 0.5) is 11.4 Å². The van der Waals surface area contributed by atoms with Crippen molar-refractivity contribution >= 4 is 11.4 Å². The SMILES string of the molecule is C[C@@H]1Nc2ccccc2N[C@@H]1C. The molecule has 0 aromatic heterocycles. The van der Waals surface area contributed by atoms with Crippen LogP contribution in [0.2, 0.25) is 0 Å². The summed E-state index contributed by atoms with van der Waals surface area (Å²) < 4.78 is 0. The Morgan fingerprint density at radius 3 is 1.75 bits per heavy atom. The summed E-state index contributed by atoms with van der Waals surface area (Å²) in [5, 5.41) is 6.89. The van der Waals surface area contributed by atoms with E-state index in [2.05, 4.69) is 48.7 Å². The van der Waals surface area contributed by atoms with Gasteiger partial charge in [0.2, 0.25) is 0 Å². The van der Waals surface area contributed by atoms with Crippen molar-refractivity contribution in [2.24, 2.45) is 0 Å². The van der Waals surface area contributed by atoms with Crippen LogP contribution >= 0.6 is 0 Å². The molecule has 2 rings (SSSR count). The third-order valence-electron chi connectivity index (χ3n) is 2.44. The summed E-state index contributed by atoms with van der Waals surface area (Å²) in [7, 11) is 0. The fraction of sp³-hybridized carbons (Fsp3) is 0.400. The number of rotatable bonds is 0. The second-order valence-electron chi connectivity index (χ2n) is 3.41. The number of fused-ring (bicyclic) bond motifs is 1. The number of hydrogen-bond donors (Lipinski definition) is 2. The average Bonchev–Trinajstić information content (AvgIpc) is 2.07. The molecule has 0 fully saturated rings. The zero-order chi connectivity index (χ0) is 8.55. The van der Waals surface area contributed by atoms with E-state index in [0.29, 0.717) is 12.1 Å². The summed E-state index contributed by atoms with van der Waals surface area (Å²) in [5.74, 6) is 0. The maximum Gasteiger partial charge on any atom is 0.0578 e. The van der Waals surface area contributed by atoms with Gasteiger partial charge in [-0.3, -0.25) is 0 Å². The molecule has 2 heteroatoms. The van der Waals surface area contributed by atoms with Crippen molar-refractivity contribution in [2.45, 2.75) is 25.9 Å². The van der Waals surface area contributed by atoms with Crippen LogP contribution < -0.4 is 10.6 Å². The van der Waals surface area contributed by atoms with E-state index in [0.717, 1.165) is 0 Å². The van der Waals surface area contributed by atoms with E-state index in [1.54, 1.807) is 0 Å². The molecule has 0 saturated carbocycles. The molecule has 0 unspecified atom stereocenters. The largest absolute Gasteiger partial charge is 0.379 e. The highest BCUT2D eigenvalue weighted by Crippen LogP contribution is 2.27. The summed E-state index contributed by atoms with van der Waals surface area (Å²) in [6, 6.07) is 9.31. The van der Waals surface area contributed by atoms with E-state index in [1.807, 2.05) is 0 Å². The van der Waals surface area contributed by atoms with Crippen LogP contribution in [-0.4, -0.2) is 12.1 Å². The summed E-state index contributed by atoms with van der Waals surface area (Å²) in [5.41, 5.74) is 2.42.